The van der Waals surface area contributed by atoms with Gasteiger partial charge in [-0.25, -0.2) is 9.79 Å². The number of carbonyl (C=O) groups excluding carboxylic acids is 3. The number of urea groups is 1. The van der Waals surface area contributed by atoms with Crippen LogP contribution in [0, 0.1) is 0 Å². The summed E-state index contributed by atoms with van der Waals surface area (Å²) in [6.45, 7) is 3.86. The minimum absolute atomic E-state index is 0.0511. The topological polar surface area (TPSA) is 99.7 Å². The summed E-state index contributed by atoms with van der Waals surface area (Å²) in [5, 5.41) is 9.31. The summed E-state index contributed by atoms with van der Waals surface area (Å²) in [6, 6.07) is 0.461. The van der Waals surface area contributed by atoms with Crippen molar-refractivity contribution in [3.8, 4) is 0 Å². The van der Waals surface area contributed by atoms with Gasteiger partial charge in [-0.05, 0) is 32.4 Å². The zero-order chi connectivity index (χ0) is 18.1. The monoisotopic (exact) mass is 368 g/mol. The van der Waals surface area contributed by atoms with Gasteiger partial charge in [-0.2, -0.15) is 11.8 Å². The van der Waals surface area contributed by atoms with Crippen molar-refractivity contribution in [3.05, 3.63) is 0 Å². The average Bonchev–Trinajstić information content (AvgIpc) is 3.14. The number of aliphatic imine (C=N–C) groups is 1. The van der Waals surface area contributed by atoms with Gasteiger partial charge in [0.2, 0.25) is 11.8 Å². The maximum absolute atomic E-state index is 11.8. The lowest BCUT2D eigenvalue weighted by molar-refractivity contribution is -0.121. The van der Waals surface area contributed by atoms with Crippen molar-refractivity contribution in [1.82, 2.24) is 16.0 Å². The summed E-state index contributed by atoms with van der Waals surface area (Å²) in [4.78, 5) is 37.4. The highest BCUT2D eigenvalue weighted by molar-refractivity contribution is 8.00. The van der Waals surface area contributed by atoms with Crippen LogP contribution in [-0.4, -0.2) is 54.2 Å². The van der Waals surface area contributed by atoms with Gasteiger partial charge in [0.05, 0.1) is 12.1 Å². The Morgan fingerprint density at radius 2 is 1.96 bits per heavy atom. The van der Waals surface area contributed by atoms with E-state index in [9.17, 15) is 14.4 Å². The lowest BCUT2D eigenvalue weighted by Gasteiger charge is -2.16. The third-order valence-electron chi connectivity index (χ3n) is 4.65. The van der Waals surface area contributed by atoms with E-state index in [1.165, 1.54) is 0 Å². The number of carbonyl (C=O) groups is 3. The number of nitrogens with one attached hydrogen (secondary N) is 3. The molecule has 3 unspecified atom stereocenters. The van der Waals surface area contributed by atoms with Gasteiger partial charge in [0.25, 0.3) is 0 Å². The van der Waals surface area contributed by atoms with Gasteiger partial charge in [0, 0.05) is 30.4 Å². The van der Waals surface area contributed by atoms with Crippen LogP contribution in [0.1, 0.15) is 51.4 Å². The van der Waals surface area contributed by atoms with Crippen molar-refractivity contribution < 1.29 is 14.4 Å². The fourth-order valence-electron chi connectivity index (χ4n) is 3.25. The molecule has 2 rings (SSSR count). The number of hydrogen-bond acceptors (Lipinski definition) is 4. The van der Waals surface area contributed by atoms with Gasteiger partial charge in [-0.1, -0.05) is 12.8 Å². The first-order valence-electron chi connectivity index (χ1n) is 9.05. The number of rotatable bonds is 11. The molecular weight excluding hydrogens is 340 g/mol. The summed E-state index contributed by atoms with van der Waals surface area (Å²) in [6.07, 6.45) is 6.48. The zero-order valence-corrected chi connectivity index (χ0v) is 15.4. The van der Waals surface area contributed by atoms with Crippen LogP contribution in [-0.2, 0) is 9.59 Å². The number of nitrogens with zero attached hydrogens (tertiary/aromatic N) is 1. The molecule has 0 aromatic carbocycles. The quantitative estimate of drug-likeness (QED) is 0.293. The predicted molar refractivity (Wildman–Crippen MR) is 100.0 cm³/mol. The standard InChI is InChI=1S/C17H28N4O3S/c1-18-14(22)8-3-2-6-10-19-15(23)9-5-4-7-13-16-12(11-25-13)20-17(24)21-16/h12-13,16H,1-11H2,(H,19,23)(H2,20,21,24). The molecule has 0 aliphatic carbocycles. The highest BCUT2D eigenvalue weighted by Crippen LogP contribution is 2.33. The number of fused-ring (bicyclic) bond motifs is 1. The Morgan fingerprint density at radius 1 is 1.16 bits per heavy atom. The van der Waals surface area contributed by atoms with E-state index in [4.69, 9.17) is 0 Å². The second-order valence-corrected chi connectivity index (χ2v) is 7.85. The van der Waals surface area contributed by atoms with Crippen molar-refractivity contribution >= 4 is 36.3 Å². The van der Waals surface area contributed by atoms with E-state index >= 15 is 0 Å². The molecule has 3 atom stereocenters. The molecule has 0 aromatic heterocycles. The number of unbranched alkanes of at least 4 members (excludes halogenated alkanes) is 3. The molecule has 2 aliphatic rings. The molecule has 0 spiro atoms. The minimum Gasteiger partial charge on any atom is -0.356 e. The average molecular weight is 369 g/mol. The largest absolute Gasteiger partial charge is 0.356 e. The van der Waals surface area contributed by atoms with Gasteiger partial charge in [-0.15, -0.1) is 0 Å². The van der Waals surface area contributed by atoms with E-state index < -0.39 is 0 Å². The maximum Gasteiger partial charge on any atom is 0.315 e. The molecule has 140 valence electrons. The molecular formula is C17H28N4O3S. The molecule has 0 radical (unpaired) electrons. The minimum atomic E-state index is -0.163. The predicted octanol–water partition coefficient (Wildman–Crippen LogP) is 1.62. The lowest BCUT2D eigenvalue weighted by Crippen LogP contribution is -2.36. The van der Waals surface area contributed by atoms with E-state index in [2.05, 4.69) is 27.7 Å². The summed E-state index contributed by atoms with van der Waals surface area (Å²) in [7, 11) is 0. The summed E-state index contributed by atoms with van der Waals surface area (Å²) >= 11 is 1.91. The Morgan fingerprint density at radius 3 is 2.76 bits per heavy atom. The molecule has 2 heterocycles. The van der Waals surface area contributed by atoms with Crippen LogP contribution < -0.4 is 16.0 Å². The van der Waals surface area contributed by atoms with Crippen molar-refractivity contribution in [1.29, 1.82) is 0 Å². The second kappa shape index (κ2) is 10.4. The lowest BCUT2D eigenvalue weighted by atomic mass is 10.0. The van der Waals surface area contributed by atoms with E-state index in [1.54, 1.807) is 0 Å². The van der Waals surface area contributed by atoms with Crippen molar-refractivity contribution in [2.45, 2.75) is 68.7 Å². The third-order valence-corrected chi connectivity index (χ3v) is 6.16. The molecule has 7 nitrogen and oxygen atoms in total. The van der Waals surface area contributed by atoms with Crippen LogP contribution in [0.4, 0.5) is 4.79 Å². The molecule has 25 heavy (non-hydrogen) atoms. The van der Waals surface area contributed by atoms with Crippen LogP contribution in [0.3, 0.4) is 0 Å². The fraction of sp³-hybridized carbons (Fsp3) is 0.765. The molecule has 2 fully saturated rings. The Bertz CT molecular complexity index is 500. The summed E-state index contributed by atoms with van der Waals surface area (Å²) < 4.78 is 0. The smallest absolute Gasteiger partial charge is 0.315 e. The van der Waals surface area contributed by atoms with Gasteiger partial charge in [-0.3, -0.25) is 9.59 Å². The Labute approximate surface area is 153 Å². The third kappa shape index (κ3) is 6.68. The molecule has 0 aromatic rings. The zero-order valence-electron chi connectivity index (χ0n) is 14.6. The Hall–Kier alpha value is -1.57. The molecule has 3 N–H and O–H groups in total. The van der Waals surface area contributed by atoms with E-state index in [1.807, 2.05) is 11.8 Å². The molecule has 2 saturated heterocycles. The highest BCUT2D eigenvalue weighted by atomic mass is 32.2. The van der Waals surface area contributed by atoms with E-state index in [0.717, 1.165) is 44.3 Å². The Balaban J connectivity index is 1.44. The fourth-order valence-corrected chi connectivity index (χ4v) is 4.79. The van der Waals surface area contributed by atoms with Gasteiger partial charge in [0.1, 0.15) is 0 Å². The summed E-state index contributed by atoms with van der Waals surface area (Å²) in [5.74, 6) is 0.906. The van der Waals surface area contributed by atoms with Crippen LogP contribution in [0.2, 0.25) is 0 Å². The van der Waals surface area contributed by atoms with E-state index in [0.29, 0.717) is 24.6 Å². The van der Waals surface area contributed by atoms with Crippen LogP contribution >= 0.6 is 11.8 Å². The normalized spacial score (nSPS) is 24.3. The SMILES string of the molecule is C=NC(=O)CCCCCNC(=O)CCCCC1SCC2NC(=O)NC21. The molecule has 2 aliphatic heterocycles. The van der Waals surface area contributed by atoms with Gasteiger partial charge in [0.15, 0.2) is 0 Å². The van der Waals surface area contributed by atoms with Gasteiger partial charge < -0.3 is 16.0 Å². The van der Waals surface area contributed by atoms with Crippen LogP contribution in [0.5, 0.6) is 0 Å². The van der Waals surface area contributed by atoms with Crippen molar-refractivity contribution in [2.24, 2.45) is 4.99 Å². The number of amides is 4. The second-order valence-electron chi connectivity index (χ2n) is 6.58. The van der Waals surface area contributed by atoms with Gasteiger partial charge >= 0.3 is 6.03 Å². The first kappa shape index (κ1) is 19.8. The molecule has 0 bridgehead atoms. The van der Waals surface area contributed by atoms with Crippen LogP contribution in [0.15, 0.2) is 4.99 Å². The molecule has 4 amide bonds. The Kier molecular flexibility index (Phi) is 8.24. The van der Waals surface area contributed by atoms with Crippen LogP contribution in [0.25, 0.3) is 0 Å². The summed E-state index contributed by atoms with van der Waals surface area (Å²) in [5.41, 5.74) is 0. The maximum atomic E-state index is 11.8. The van der Waals surface area contributed by atoms with Crippen molar-refractivity contribution in [3.63, 3.8) is 0 Å². The number of thioether (sulfide) groups is 1. The van der Waals surface area contributed by atoms with E-state index in [-0.39, 0.29) is 29.9 Å². The van der Waals surface area contributed by atoms with Crippen molar-refractivity contribution in [2.75, 3.05) is 12.3 Å². The number of hydrogen-bond donors (Lipinski definition) is 3. The highest BCUT2D eigenvalue weighted by Gasteiger charge is 2.42. The first-order chi connectivity index (χ1) is 12.1. The molecule has 8 heteroatoms. The molecule has 0 saturated carbocycles. The first-order valence-corrected chi connectivity index (χ1v) is 10.1.